The first-order chi connectivity index (χ1) is 8.43. The molecule has 0 saturated heterocycles. The monoisotopic (exact) mass is 240 g/mol. The molecule has 0 spiro atoms. The lowest BCUT2D eigenvalue weighted by Gasteiger charge is -2.06. The van der Waals surface area contributed by atoms with E-state index in [4.69, 9.17) is 0 Å². The van der Waals surface area contributed by atoms with Crippen molar-refractivity contribution in [2.24, 2.45) is 0 Å². The largest absolute Gasteiger partial charge is 0.327 e. The molecule has 0 N–H and O–H groups in total. The van der Waals surface area contributed by atoms with Crippen LogP contribution in [-0.4, -0.2) is 9.55 Å². The lowest BCUT2D eigenvalue weighted by molar-refractivity contribution is 0.810. The van der Waals surface area contributed by atoms with E-state index in [1.54, 1.807) is 11.3 Å². The highest BCUT2D eigenvalue weighted by Crippen LogP contribution is 2.18. The van der Waals surface area contributed by atoms with E-state index in [2.05, 4.69) is 38.5 Å². The fourth-order valence-corrected chi connectivity index (χ4v) is 2.52. The average Bonchev–Trinajstić information content (AvgIpc) is 3.02. The van der Waals surface area contributed by atoms with Gasteiger partial charge in [-0.3, -0.25) is 0 Å². The number of imidazole rings is 1. The normalized spacial score (nSPS) is 10.6. The Bertz CT molecular complexity index is 582. The van der Waals surface area contributed by atoms with Crippen LogP contribution in [-0.2, 0) is 6.54 Å². The highest BCUT2D eigenvalue weighted by molar-refractivity contribution is 7.07. The number of hydrogen-bond acceptors (Lipinski definition) is 2. The van der Waals surface area contributed by atoms with Crippen molar-refractivity contribution >= 4 is 11.3 Å². The zero-order chi connectivity index (χ0) is 11.5. The molecule has 3 rings (SSSR count). The minimum Gasteiger partial charge on any atom is -0.327 e. The molecule has 0 amide bonds. The van der Waals surface area contributed by atoms with Crippen molar-refractivity contribution in [1.29, 1.82) is 0 Å². The average molecular weight is 240 g/mol. The van der Waals surface area contributed by atoms with Crippen LogP contribution in [0.25, 0.3) is 11.4 Å². The van der Waals surface area contributed by atoms with Gasteiger partial charge in [0.25, 0.3) is 0 Å². The molecule has 3 aromatic rings. The van der Waals surface area contributed by atoms with Crippen molar-refractivity contribution in [2.45, 2.75) is 6.54 Å². The SMILES string of the molecule is c1ccc(-c2nccn2Cc2ccsc2)cc1. The number of hydrogen-bond donors (Lipinski definition) is 0. The molecule has 2 aromatic heterocycles. The molecule has 17 heavy (non-hydrogen) atoms. The molecule has 3 heteroatoms. The molecule has 0 bridgehead atoms. The van der Waals surface area contributed by atoms with E-state index < -0.39 is 0 Å². The molecule has 0 aliphatic carbocycles. The van der Waals surface area contributed by atoms with Gasteiger partial charge in [-0.2, -0.15) is 11.3 Å². The Morgan fingerprint density at radius 3 is 2.76 bits per heavy atom. The number of nitrogens with zero attached hydrogens (tertiary/aromatic N) is 2. The molecule has 0 radical (unpaired) electrons. The maximum Gasteiger partial charge on any atom is 0.140 e. The van der Waals surface area contributed by atoms with E-state index in [0.717, 1.165) is 17.9 Å². The number of benzene rings is 1. The van der Waals surface area contributed by atoms with Crippen molar-refractivity contribution in [3.8, 4) is 11.4 Å². The van der Waals surface area contributed by atoms with Crippen molar-refractivity contribution in [3.63, 3.8) is 0 Å². The minimum absolute atomic E-state index is 0.883. The standard InChI is InChI=1S/C14H12N2S/c1-2-4-13(5-3-1)14-15-7-8-16(14)10-12-6-9-17-11-12/h1-9,11H,10H2. The Hall–Kier alpha value is -1.87. The van der Waals surface area contributed by atoms with Gasteiger partial charge >= 0.3 is 0 Å². The third kappa shape index (κ3) is 2.15. The van der Waals surface area contributed by atoms with Gasteiger partial charge in [0, 0.05) is 24.5 Å². The van der Waals surface area contributed by atoms with Gasteiger partial charge in [-0.15, -0.1) is 0 Å². The van der Waals surface area contributed by atoms with E-state index in [-0.39, 0.29) is 0 Å². The van der Waals surface area contributed by atoms with Crippen LogP contribution in [0.4, 0.5) is 0 Å². The predicted octanol–water partition coefficient (Wildman–Crippen LogP) is 3.66. The third-order valence-electron chi connectivity index (χ3n) is 2.68. The maximum absolute atomic E-state index is 4.43. The van der Waals surface area contributed by atoms with Gasteiger partial charge in [0.2, 0.25) is 0 Å². The summed E-state index contributed by atoms with van der Waals surface area (Å²) >= 11 is 1.73. The number of rotatable bonds is 3. The zero-order valence-electron chi connectivity index (χ0n) is 9.28. The molecule has 0 fully saturated rings. The molecular weight excluding hydrogens is 228 g/mol. The summed E-state index contributed by atoms with van der Waals surface area (Å²) in [6.07, 6.45) is 3.88. The van der Waals surface area contributed by atoms with Crippen LogP contribution in [0.5, 0.6) is 0 Å². The Morgan fingerprint density at radius 2 is 2.00 bits per heavy atom. The van der Waals surface area contributed by atoms with Gasteiger partial charge < -0.3 is 4.57 Å². The van der Waals surface area contributed by atoms with Crippen LogP contribution in [0.3, 0.4) is 0 Å². The van der Waals surface area contributed by atoms with Gasteiger partial charge in [0.05, 0.1) is 0 Å². The van der Waals surface area contributed by atoms with E-state index >= 15 is 0 Å². The summed E-state index contributed by atoms with van der Waals surface area (Å²) in [4.78, 5) is 4.43. The molecule has 2 heterocycles. The molecular formula is C14H12N2S. The Kier molecular flexibility index (Phi) is 2.76. The second-order valence-corrected chi connectivity index (χ2v) is 4.66. The van der Waals surface area contributed by atoms with Crippen molar-refractivity contribution in [3.05, 3.63) is 65.1 Å². The highest BCUT2D eigenvalue weighted by atomic mass is 32.1. The summed E-state index contributed by atoms with van der Waals surface area (Å²) in [5.74, 6) is 1.02. The smallest absolute Gasteiger partial charge is 0.140 e. The fraction of sp³-hybridized carbons (Fsp3) is 0.0714. The molecule has 84 valence electrons. The second kappa shape index (κ2) is 4.55. The summed E-state index contributed by atoms with van der Waals surface area (Å²) in [5.41, 5.74) is 2.48. The summed E-state index contributed by atoms with van der Waals surface area (Å²) in [5, 5.41) is 4.28. The van der Waals surface area contributed by atoms with E-state index in [1.807, 2.05) is 30.6 Å². The van der Waals surface area contributed by atoms with E-state index in [0.29, 0.717) is 0 Å². The van der Waals surface area contributed by atoms with E-state index in [9.17, 15) is 0 Å². The molecule has 0 atom stereocenters. The summed E-state index contributed by atoms with van der Waals surface area (Å²) in [6.45, 7) is 0.883. The zero-order valence-corrected chi connectivity index (χ0v) is 10.1. The minimum atomic E-state index is 0.883. The Balaban J connectivity index is 1.95. The van der Waals surface area contributed by atoms with Crippen molar-refractivity contribution in [2.75, 3.05) is 0 Å². The third-order valence-corrected chi connectivity index (χ3v) is 3.41. The lowest BCUT2D eigenvalue weighted by atomic mass is 10.2. The Labute approximate surface area is 104 Å². The topological polar surface area (TPSA) is 17.8 Å². The Morgan fingerprint density at radius 1 is 1.12 bits per heavy atom. The molecule has 0 saturated carbocycles. The van der Waals surface area contributed by atoms with Crippen LogP contribution >= 0.6 is 11.3 Å². The van der Waals surface area contributed by atoms with Gasteiger partial charge in [0.1, 0.15) is 5.82 Å². The molecule has 0 unspecified atom stereocenters. The summed E-state index contributed by atoms with van der Waals surface area (Å²) in [6, 6.07) is 12.4. The summed E-state index contributed by atoms with van der Waals surface area (Å²) < 4.78 is 2.18. The quantitative estimate of drug-likeness (QED) is 0.683. The highest BCUT2D eigenvalue weighted by Gasteiger charge is 2.05. The van der Waals surface area contributed by atoms with Gasteiger partial charge in [-0.1, -0.05) is 30.3 Å². The van der Waals surface area contributed by atoms with Crippen LogP contribution in [0, 0.1) is 0 Å². The number of thiophene rings is 1. The predicted molar refractivity (Wildman–Crippen MR) is 71.1 cm³/mol. The van der Waals surface area contributed by atoms with Crippen LogP contribution in [0.15, 0.2) is 59.6 Å². The van der Waals surface area contributed by atoms with Gasteiger partial charge in [0.15, 0.2) is 0 Å². The molecule has 0 aliphatic heterocycles. The molecule has 2 nitrogen and oxygen atoms in total. The van der Waals surface area contributed by atoms with Crippen LogP contribution in [0.2, 0.25) is 0 Å². The molecule has 0 aliphatic rings. The summed E-state index contributed by atoms with van der Waals surface area (Å²) in [7, 11) is 0. The van der Waals surface area contributed by atoms with Crippen molar-refractivity contribution in [1.82, 2.24) is 9.55 Å². The number of aromatic nitrogens is 2. The van der Waals surface area contributed by atoms with Gasteiger partial charge in [-0.05, 0) is 22.4 Å². The maximum atomic E-state index is 4.43. The van der Waals surface area contributed by atoms with Crippen molar-refractivity contribution < 1.29 is 0 Å². The lowest BCUT2D eigenvalue weighted by Crippen LogP contribution is -1.99. The second-order valence-electron chi connectivity index (χ2n) is 3.88. The van der Waals surface area contributed by atoms with E-state index in [1.165, 1.54) is 5.56 Å². The van der Waals surface area contributed by atoms with Crippen LogP contribution < -0.4 is 0 Å². The fourth-order valence-electron chi connectivity index (χ4n) is 1.86. The van der Waals surface area contributed by atoms with Gasteiger partial charge in [-0.25, -0.2) is 4.98 Å². The first-order valence-electron chi connectivity index (χ1n) is 5.51. The first-order valence-corrected chi connectivity index (χ1v) is 6.45. The van der Waals surface area contributed by atoms with Crippen LogP contribution in [0.1, 0.15) is 5.56 Å². The molecule has 1 aromatic carbocycles. The first kappa shape index (κ1) is 10.3.